The Balaban J connectivity index is 0.000000200. The van der Waals surface area contributed by atoms with Crippen LogP contribution in [0.1, 0.15) is 5.56 Å². The fourth-order valence-corrected chi connectivity index (χ4v) is 1.06. The Morgan fingerprint density at radius 3 is 2.16 bits per heavy atom. The highest BCUT2D eigenvalue weighted by Crippen LogP contribution is 2.30. The number of aromatic amines is 2. The molecule has 102 valence electrons. The summed E-state index contributed by atoms with van der Waals surface area (Å²) in [6.07, 6.45) is -3.08. The zero-order valence-electron chi connectivity index (χ0n) is 9.36. The first kappa shape index (κ1) is 14.6. The zero-order valence-corrected chi connectivity index (χ0v) is 9.36. The van der Waals surface area contributed by atoms with Crippen LogP contribution in [0.4, 0.5) is 13.2 Å². The fourth-order valence-electron chi connectivity index (χ4n) is 1.06. The Kier molecular flexibility index (Phi) is 4.51. The average Bonchev–Trinajstić information content (AvgIpc) is 2.28. The summed E-state index contributed by atoms with van der Waals surface area (Å²) in [5.41, 5.74) is -1.69. The minimum Gasteiger partial charge on any atom is -0.508 e. The number of aromatic nitrogens is 2. The summed E-state index contributed by atoms with van der Waals surface area (Å²) < 4.78 is 35.6. The zero-order chi connectivity index (χ0) is 14.5. The highest BCUT2D eigenvalue weighted by atomic mass is 19.4. The molecule has 2 rings (SSSR count). The lowest BCUT2D eigenvalue weighted by molar-refractivity contribution is -0.137. The third-order valence-electron chi connectivity index (χ3n) is 1.86. The van der Waals surface area contributed by atoms with Crippen LogP contribution in [0.15, 0.2) is 46.1 Å². The highest BCUT2D eigenvalue weighted by Gasteiger charge is 2.30. The Morgan fingerprint density at radius 2 is 1.79 bits per heavy atom. The standard InChI is InChI=1S/C7H5F3O.C4H4N2O2/c8-7(9,10)5-2-1-3-6(11)4-5;7-3-1-2-5-4(8)6-3/h1-4,11H;1-2H,(H2,5,6,7,8). The Labute approximate surface area is 104 Å². The van der Waals surface area contributed by atoms with Crippen LogP contribution in [-0.2, 0) is 6.18 Å². The van der Waals surface area contributed by atoms with E-state index in [-0.39, 0.29) is 11.3 Å². The van der Waals surface area contributed by atoms with Crippen molar-refractivity contribution in [2.75, 3.05) is 0 Å². The molecule has 3 N–H and O–H groups in total. The third-order valence-corrected chi connectivity index (χ3v) is 1.86. The van der Waals surface area contributed by atoms with Crippen molar-refractivity contribution in [3.8, 4) is 5.75 Å². The van der Waals surface area contributed by atoms with E-state index in [0.29, 0.717) is 6.07 Å². The molecule has 0 bridgehead atoms. The minimum atomic E-state index is -4.38. The summed E-state index contributed by atoms with van der Waals surface area (Å²) in [5.74, 6) is -0.375. The summed E-state index contributed by atoms with van der Waals surface area (Å²) in [6, 6.07) is 5.16. The van der Waals surface area contributed by atoms with Gasteiger partial charge in [-0.3, -0.25) is 9.78 Å². The van der Waals surface area contributed by atoms with Crippen molar-refractivity contribution in [1.82, 2.24) is 9.97 Å². The molecule has 1 heterocycles. The van der Waals surface area contributed by atoms with Crippen LogP contribution in [0, 0.1) is 0 Å². The van der Waals surface area contributed by atoms with Gasteiger partial charge in [0.25, 0.3) is 5.56 Å². The molecule has 0 aliphatic carbocycles. The SMILES string of the molecule is O=c1cc[nH]c(=O)[nH]1.Oc1cccc(C(F)(F)F)c1. The maximum Gasteiger partial charge on any atom is 0.416 e. The van der Waals surface area contributed by atoms with E-state index in [9.17, 15) is 22.8 Å². The van der Waals surface area contributed by atoms with Crippen LogP contribution in [-0.4, -0.2) is 15.1 Å². The van der Waals surface area contributed by atoms with Crippen molar-refractivity contribution in [1.29, 1.82) is 0 Å². The van der Waals surface area contributed by atoms with Crippen LogP contribution in [0.5, 0.6) is 5.75 Å². The van der Waals surface area contributed by atoms with Gasteiger partial charge < -0.3 is 10.1 Å². The van der Waals surface area contributed by atoms with Gasteiger partial charge in [0.1, 0.15) is 5.75 Å². The second kappa shape index (κ2) is 5.89. The first-order valence-corrected chi connectivity index (χ1v) is 4.93. The normalized spacial score (nSPS) is 10.5. The Morgan fingerprint density at radius 1 is 1.11 bits per heavy atom. The van der Waals surface area contributed by atoms with Gasteiger partial charge in [0.2, 0.25) is 0 Å². The number of hydrogen-bond donors (Lipinski definition) is 3. The van der Waals surface area contributed by atoms with E-state index in [1.165, 1.54) is 18.3 Å². The maximum absolute atomic E-state index is 11.9. The molecule has 19 heavy (non-hydrogen) atoms. The van der Waals surface area contributed by atoms with Gasteiger partial charge in [0.15, 0.2) is 0 Å². The Hall–Kier alpha value is -2.51. The molecule has 1 aromatic heterocycles. The lowest BCUT2D eigenvalue weighted by Gasteiger charge is -2.05. The predicted molar refractivity (Wildman–Crippen MR) is 60.8 cm³/mol. The number of phenols is 1. The molecular weight excluding hydrogens is 265 g/mol. The summed E-state index contributed by atoms with van der Waals surface area (Å²) >= 11 is 0. The molecular formula is C11H9F3N2O3. The first-order chi connectivity index (χ1) is 8.79. The van der Waals surface area contributed by atoms with E-state index < -0.39 is 17.4 Å². The molecule has 0 aliphatic rings. The molecule has 0 unspecified atom stereocenters. The second-order valence-electron chi connectivity index (χ2n) is 3.34. The summed E-state index contributed by atoms with van der Waals surface area (Å²) in [6.45, 7) is 0. The number of hydrogen-bond acceptors (Lipinski definition) is 3. The third kappa shape index (κ3) is 5.11. The van der Waals surface area contributed by atoms with E-state index in [1.54, 1.807) is 0 Å². The molecule has 2 aromatic rings. The van der Waals surface area contributed by atoms with Crippen LogP contribution in [0.25, 0.3) is 0 Å². The molecule has 0 saturated heterocycles. The van der Waals surface area contributed by atoms with Crippen molar-refractivity contribution in [2.45, 2.75) is 6.18 Å². The van der Waals surface area contributed by atoms with Crippen molar-refractivity contribution in [3.05, 3.63) is 62.9 Å². The Bertz CT molecular complexity index is 621. The van der Waals surface area contributed by atoms with Gasteiger partial charge in [0.05, 0.1) is 5.56 Å². The molecule has 0 radical (unpaired) electrons. The van der Waals surface area contributed by atoms with Crippen LogP contribution in [0.2, 0.25) is 0 Å². The number of aromatic hydroxyl groups is 1. The van der Waals surface area contributed by atoms with E-state index in [1.807, 2.05) is 4.98 Å². The molecule has 0 fully saturated rings. The summed E-state index contributed by atoms with van der Waals surface area (Å²) in [4.78, 5) is 24.7. The lowest BCUT2D eigenvalue weighted by Crippen LogP contribution is -2.19. The monoisotopic (exact) mass is 274 g/mol. The maximum atomic E-state index is 11.9. The van der Waals surface area contributed by atoms with E-state index >= 15 is 0 Å². The quantitative estimate of drug-likeness (QED) is 0.680. The second-order valence-corrected chi connectivity index (χ2v) is 3.34. The number of halogens is 3. The van der Waals surface area contributed by atoms with Crippen molar-refractivity contribution in [2.24, 2.45) is 0 Å². The molecule has 0 saturated carbocycles. The van der Waals surface area contributed by atoms with E-state index in [4.69, 9.17) is 5.11 Å². The average molecular weight is 274 g/mol. The number of phenolic OH excluding ortho intramolecular Hbond substituents is 1. The summed E-state index contributed by atoms with van der Waals surface area (Å²) in [7, 11) is 0. The lowest BCUT2D eigenvalue weighted by atomic mass is 10.2. The van der Waals surface area contributed by atoms with E-state index in [0.717, 1.165) is 12.1 Å². The number of rotatable bonds is 0. The van der Waals surface area contributed by atoms with Gasteiger partial charge >= 0.3 is 11.9 Å². The van der Waals surface area contributed by atoms with Crippen molar-refractivity contribution >= 4 is 0 Å². The van der Waals surface area contributed by atoms with Gasteiger partial charge in [-0.05, 0) is 18.2 Å². The number of alkyl halides is 3. The molecule has 0 amide bonds. The van der Waals surface area contributed by atoms with Gasteiger partial charge in [-0.25, -0.2) is 4.79 Å². The molecule has 0 atom stereocenters. The number of H-pyrrole nitrogens is 2. The van der Waals surface area contributed by atoms with Crippen LogP contribution < -0.4 is 11.2 Å². The predicted octanol–water partition coefficient (Wildman–Crippen LogP) is 1.47. The smallest absolute Gasteiger partial charge is 0.416 e. The molecule has 8 heteroatoms. The van der Waals surface area contributed by atoms with Gasteiger partial charge in [-0.1, -0.05) is 6.07 Å². The molecule has 0 spiro atoms. The van der Waals surface area contributed by atoms with Gasteiger partial charge in [-0.15, -0.1) is 0 Å². The van der Waals surface area contributed by atoms with Crippen LogP contribution >= 0.6 is 0 Å². The first-order valence-electron chi connectivity index (χ1n) is 4.93. The fraction of sp³-hybridized carbons (Fsp3) is 0.0909. The van der Waals surface area contributed by atoms with E-state index in [2.05, 4.69) is 4.98 Å². The number of nitrogens with one attached hydrogen (secondary N) is 2. The summed E-state index contributed by atoms with van der Waals surface area (Å²) in [5, 5.41) is 8.68. The molecule has 5 nitrogen and oxygen atoms in total. The largest absolute Gasteiger partial charge is 0.508 e. The minimum absolute atomic E-state index is 0.375. The number of benzene rings is 1. The van der Waals surface area contributed by atoms with Gasteiger partial charge in [0, 0.05) is 12.3 Å². The molecule has 1 aromatic carbocycles. The topological polar surface area (TPSA) is 86.0 Å². The van der Waals surface area contributed by atoms with Crippen molar-refractivity contribution < 1.29 is 18.3 Å². The van der Waals surface area contributed by atoms with Crippen LogP contribution in [0.3, 0.4) is 0 Å². The van der Waals surface area contributed by atoms with Crippen molar-refractivity contribution in [3.63, 3.8) is 0 Å². The highest BCUT2D eigenvalue weighted by molar-refractivity contribution is 5.28. The van der Waals surface area contributed by atoms with Gasteiger partial charge in [-0.2, -0.15) is 13.2 Å². The molecule has 0 aliphatic heterocycles.